The first-order valence-electron chi connectivity index (χ1n) is 5.84. The van der Waals surface area contributed by atoms with Gasteiger partial charge in [0.1, 0.15) is 0 Å². The van der Waals surface area contributed by atoms with Crippen LogP contribution in [-0.2, 0) is 0 Å². The Morgan fingerprint density at radius 2 is 2.06 bits per heavy atom. The maximum absolute atomic E-state index is 6.28. The van der Waals surface area contributed by atoms with E-state index in [0.717, 1.165) is 23.6 Å². The third-order valence-corrected chi connectivity index (χ3v) is 3.92. The van der Waals surface area contributed by atoms with Crippen LogP contribution in [0.2, 0.25) is 5.02 Å². The van der Waals surface area contributed by atoms with Crippen LogP contribution in [-0.4, -0.2) is 6.54 Å². The summed E-state index contributed by atoms with van der Waals surface area (Å²) in [5, 5.41) is 6.49. The Morgan fingerprint density at radius 3 is 2.71 bits per heavy atom. The third-order valence-electron chi connectivity index (χ3n) is 2.64. The van der Waals surface area contributed by atoms with Gasteiger partial charge in [-0.1, -0.05) is 42.8 Å². The van der Waals surface area contributed by atoms with Gasteiger partial charge in [0.25, 0.3) is 0 Å². The number of halogens is 1. The highest BCUT2D eigenvalue weighted by molar-refractivity contribution is 7.10. The van der Waals surface area contributed by atoms with E-state index >= 15 is 0 Å². The molecular weight excluding hydrogens is 250 g/mol. The Morgan fingerprint density at radius 1 is 1.24 bits per heavy atom. The van der Waals surface area contributed by atoms with Crippen LogP contribution in [0.4, 0.5) is 0 Å². The number of hydrogen-bond donors (Lipinski definition) is 1. The molecule has 0 spiro atoms. The molecule has 1 aromatic heterocycles. The first-order chi connectivity index (χ1) is 8.33. The zero-order valence-corrected chi connectivity index (χ0v) is 11.4. The molecule has 1 unspecified atom stereocenters. The lowest BCUT2D eigenvalue weighted by Gasteiger charge is -2.18. The highest BCUT2D eigenvalue weighted by Gasteiger charge is 2.16. The van der Waals surface area contributed by atoms with E-state index in [2.05, 4.69) is 35.8 Å². The van der Waals surface area contributed by atoms with Crippen molar-refractivity contribution in [3.8, 4) is 0 Å². The highest BCUT2D eigenvalue weighted by Crippen LogP contribution is 2.30. The zero-order chi connectivity index (χ0) is 12.1. The van der Waals surface area contributed by atoms with E-state index in [-0.39, 0.29) is 6.04 Å². The van der Waals surface area contributed by atoms with E-state index in [1.165, 1.54) is 4.88 Å². The summed E-state index contributed by atoms with van der Waals surface area (Å²) in [6.45, 7) is 3.17. The zero-order valence-electron chi connectivity index (χ0n) is 9.82. The minimum Gasteiger partial charge on any atom is -0.306 e. The van der Waals surface area contributed by atoms with E-state index in [1.54, 1.807) is 11.3 Å². The summed E-state index contributed by atoms with van der Waals surface area (Å²) in [5.41, 5.74) is 1.16. The Balaban J connectivity index is 2.30. The van der Waals surface area contributed by atoms with Gasteiger partial charge >= 0.3 is 0 Å². The molecule has 17 heavy (non-hydrogen) atoms. The summed E-state index contributed by atoms with van der Waals surface area (Å²) in [4.78, 5) is 1.31. The molecule has 2 aromatic rings. The van der Waals surface area contributed by atoms with Gasteiger partial charge in [-0.2, -0.15) is 0 Å². The van der Waals surface area contributed by atoms with E-state index in [9.17, 15) is 0 Å². The predicted molar refractivity (Wildman–Crippen MR) is 75.9 cm³/mol. The topological polar surface area (TPSA) is 12.0 Å². The molecule has 1 atom stereocenters. The van der Waals surface area contributed by atoms with Gasteiger partial charge < -0.3 is 5.32 Å². The number of benzene rings is 1. The molecule has 0 aliphatic rings. The molecule has 0 aliphatic carbocycles. The van der Waals surface area contributed by atoms with Gasteiger partial charge in [0, 0.05) is 9.90 Å². The van der Waals surface area contributed by atoms with Crippen molar-refractivity contribution in [1.29, 1.82) is 0 Å². The number of nitrogens with one attached hydrogen (secondary N) is 1. The largest absolute Gasteiger partial charge is 0.306 e. The minimum atomic E-state index is 0.212. The molecule has 0 saturated heterocycles. The van der Waals surface area contributed by atoms with Crippen molar-refractivity contribution >= 4 is 22.9 Å². The van der Waals surface area contributed by atoms with Crippen LogP contribution >= 0.6 is 22.9 Å². The van der Waals surface area contributed by atoms with Crippen LogP contribution in [0, 0.1) is 0 Å². The fourth-order valence-electron chi connectivity index (χ4n) is 1.82. The summed E-state index contributed by atoms with van der Waals surface area (Å²) in [6.07, 6.45) is 1.12. The van der Waals surface area contributed by atoms with E-state index < -0.39 is 0 Å². The van der Waals surface area contributed by atoms with Gasteiger partial charge in [0.15, 0.2) is 0 Å². The maximum atomic E-state index is 6.28. The van der Waals surface area contributed by atoms with Crippen LogP contribution in [0.5, 0.6) is 0 Å². The van der Waals surface area contributed by atoms with E-state index in [1.807, 2.05) is 18.2 Å². The molecule has 0 bridgehead atoms. The molecule has 0 saturated carbocycles. The molecule has 0 amide bonds. The summed E-state index contributed by atoms with van der Waals surface area (Å²) in [5.74, 6) is 0. The first kappa shape index (κ1) is 12.6. The fraction of sp³-hybridized carbons (Fsp3) is 0.286. The van der Waals surface area contributed by atoms with Crippen molar-refractivity contribution in [3.05, 3.63) is 57.2 Å². The Hall–Kier alpha value is -0.830. The summed E-state index contributed by atoms with van der Waals surface area (Å²) >= 11 is 8.04. The number of rotatable bonds is 5. The van der Waals surface area contributed by atoms with Crippen LogP contribution in [0.25, 0.3) is 0 Å². The van der Waals surface area contributed by atoms with Gasteiger partial charge in [0.05, 0.1) is 6.04 Å². The molecule has 1 aromatic carbocycles. The second-order valence-corrected chi connectivity index (χ2v) is 5.31. The molecule has 3 heteroatoms. The van der Waals surface area contributed by atoms with Crippen LogP contribution in [0.15, 0.2) is 41.8 Å². The molecule has 0 aliphatic heterocycles. The van der Waals surface area contributed by atoms with Crippen molar-refractivity contribution in [2.75, 3.05) is 6.54 Å². The van der Waals surface area contributed by atoms with Gasteiger partial charge in [0.2, 0.25) is 0 Å². The maximum Gasteiger partial charge on any atom is 0.0685 e. The first-order valence-corrected chi connectivity index (χ1v) is 7.10. The number of hydrogen-bond acceptors (Lipinski definition) is 2. The molecular formula is C14H16ClNS. The predicted octanol–water partition coefficient (Wildman–Crippen LogP) is 4.49. The van der Waals surface area contributed by atoms with E-state index in [0.29, 0.717) is 0 Å². The Bertz CT molecular complexity index is 453. The van der Waals surface area contributed by atoms with Gasteiger partial charge in [-0.05, 0) is 36.0 Å². The second-order valence-electron chi connectivity index (χ2n) is 3.92. The smallest absolute Gasteiger partial charge is 0.0685 e. The lowest BCUT2D eigenvalue weighted by atomic mass is 10.1. The van der Waals surface area contributed by atoms with Gasteiger partial charge in [-0.25, -0.2) is 0 Å². The quantitative estimate of drug-likeness (QED) is 0.840. The van der Waals surface area contributed by atoms with Crippen molar-refractivity contribution in [2.24, 2.45) is 0 Å². The van der Waals surface area contributed by atoms with E-state index in [4.69, 9.17) is 11.6 Å². The lowest BCUT2D eigenvalue weighted by molar-refractivity contribution is 0.606. The van der Waals surface area contributed by atoms with Crippen LogP contribution < -0.4 is 5.32 Å². The summed E-state index contributed by atoms with van der Waals surface area (Å²) in [6, 6.07) is 12.5. The SMILES string of the molecule is CCCNC(c1cccs1)c1ccccc1Cl. The molecule has 0 radical (unpaired) electrons. The van der Waals surface area contributed by atoms with Crippen molar-refractivity contribution in [2.45, 2.75) is 19.4 Å². The molecule has 1 heterocycles. The average Bonchev–Trinajstić information content (AvgIpc) is 2.85. The van der Waals surface area contributed by atoms with Crippen molar-refractivity contribution in [3.63, 3.8) is 0 Å². The Labute approximate surface area is 111 Å². The molecule has 90 valence electrons. The lowest BCUT2D eigenvalue weighted by Crippen LogP contribution is -2.22. The standard InChI is InChI=1S/C14H16ClNS/c1-2-9-16-14(13-8-5-10-17-13)11-6-3-4-7-12(11)15/h3-8,10,14,16H,2,9H2,1H3. The van der Waals surface area contributed by atoms with Gasteiger partial charge in [-0.15, -0.1) is 11.3 Å². The molecule has 0 fully saturated rings. The summed E-state index contributed by atoms with van der Waals surface area (Å²) < 4.78 is 0. The van der Waals surface area contributed by atoms with Gasteiger partial charge in [-0.3, -0.25) is 0 Å². The third kappa shape index (κ3) is 3.09. The number of thiophene rings is 1. The monoisotopic (exact) mass is 265 g/mol. The van der Waals surface area contributed by atoms with Crippen LogP contribution in [0.3, 0.4) is 0 Å². The second kappa shape index (κ2) is 6.20. The summed E-state index contributed by atoms with van der Waals surface area (Å²) in [7, 11) is 0. The van der Waals surface area contributed by atoms with Crippen molar-refractivity contribution < 1.29 is 0 Å². The minimum absolute atomic E-state index is 0.212. The van der Waals surface area contributed by atoms with Crippen molar-refractivity contribution in [1.82, 2.24) is 5.32 Å². The molecule has 2 rings (SSSR count). The highest BCUT2D eigenvalue weighted by atomic mass is 35.5. The molecule has 1 nitrogen and oxygen atoms in total. The Kier molecular flexibility index (Phi) is 4.60. The fourth-order valence-corrected chi connectivity index (χ4v) is 2.88. The molecule has 1 N–H and O–H groups in total. The van der Waals surface area contributed by atoms with Crippen LogP contribution in [0.1, 0.15) is 29.8 Å². The average molecular weight is 266 g/mol. The normalized spacial score (nSPS) is 12.6.